The topological polar surface area (TPSA) is 49.3 Å². The highest BCUT2D eigenvalue weighted by molar-refractivity contribution is 5.66. The Bertz CT molecular complexity index is 188. The normalized spacial score (nSPS) is 17.5. The van der Waals surface area contributed by atoms with E-state index in [0.717, 1.165) is 31.8 Å². The zero-order chi connectivity index (χ0) is 11.6. The molecular weight excluding hydrogens is 202 g/mol. The molecule has 0 aromatic carbocycles. The minimum Gasteiger partial charge on any atom is -0.481 e. The van der Waals surface area contributed by atoms with Crippen LogP contribution in [0, 0.1) is 5.92 Å². The second kappa shape index (κ2) is 8.57. The Balaban J connectivity index is 1.82. The lowest BCUT2D eigenvalue weighted by Crippen LogP contribution is -2.20. The van der Waals surface area contributed by atoms with E-state index >= 15 is 0 Å². The van der Waals surface area contributed by atoms with E-state index in [1.54, 1.807) is 0 Å². The van der Waals surface area contributed by atoms with E-state index in [-0.39, 0.29) is 0 Å². The van der Waals surface area contributed by atoms with Crippen molar-refractivity contribution in [3.8, 4) is 0 Å². The van der Waals surface area contributed by atoms with Crippen LogP contribution in [0.2, 0.25) is 0 Å². The predicted molar refractivity (Wildman–Crippen MR) is 65.5 cm³/mol. The lowest BCUT2D eigenvalue weighted by molar-refractivity contribution is -0.137. The molecule has 0 aromatic heterocycles. The summed E-state index contributed by atoms with van der Waals surface area (Å²) in [6.07, 6.45) is 10.5. The van der Waals surface area contributed by atoms with Crippen LogP contribution >= 0.6 is 0 Å². The monoisotopic (exact) mass is 227 g/mol. The molecule has 0 bridgehead atoms. The van der Waals surface area contributed by atoms with Crippen molar-refractivity contribution in [1.82, 2.24) is 5.32 Å². The van der Waals surface area contributed by atoms with Gasteiger partial charge in [-0.15, -0.1) is 0 Å². The van der Waals surface area contributed by atoms with Gasteiger partial charge in [-0.2, -0.15) is 0 Å². The molecule has 0 atom stereocenters. The molecule has 0 aliphatic heterocycles. The van der Waals surface area contributed by atoms with Gasteiger partial charge in [-0.1, -0.05) is 32.1 Å². The standard InChI is InChI=1S/C13H25NO2/c15-13(16)8-4-5-10-14-11-9-12-6-2-1-3-7-12/h12,14H,1-11H2,(H,15,16). The first kappa shape index (κ1) is 13.5. The SMILES string of the molecule is O=C(O)CCCCNCCC1CCCCC1. The molecule has 0 unspecified atom stereocenters. The van der Waals surface area contributed by atoms with E-state index < -0.39 is 5.97 Å². The van der Waals surface area contributed by atoms with Crippen LogP contribution < -0.4 is 5.32 Å². The van der Waals surface area contributed by atoms with Crippen LogP contribution in [0.25, 0.3) is 0 Å². The molecule has 16 heavy (non-hydrogen) atoms. The van der Waals surface area contributed by atoms with E-state index in [9.17, 15) is 4.79 Å². The third kappa shape index (κ3) is 6.83. The van der Waals surface area contributed by atoms with E-state index in [2.05, 4.69) is 5.32 Å². The molecule has 1 aliphatic rings. The second-order valence-electron chi connectivity index (χ2n) is 4.89. The maximum atomic E-state index is 10.3. The van der Waals surface area contributed by atoms with Gasteiger partial charge in [0.25, 0.3) is 0 Å². The molecule has 0 amide bonds. The zero-order valence-electron chi connectivity index (χ0n) is 10.2. The molecule has 0 heterocycles. The van der Waals surface area contributed by atoms with E-state index in [1.165, 1.54) is 38.5 Å². The molecule has 1 rings (SSSR count). The average Bonchev–Trinajstić information content (AvgIpc) is 2.29. The summed E-state index contributed by atoms with van der Waals surface area (Å²) in [6.45, 7) is 2.08. The van der Waals surface area contributed by atoms with E-state index in [4.69, 9.17) is 5.11 Å². The number of unbranched alkanes of at least 4 members (excludes halogenated alkanes) is 1. The summed E-state index contributed by atoms with van der Waals surface area (Å²) in [5.74, 6) is 0.266. The fourth-order valence-electron chi connectivity index (χ4n) is 2.43. The van der Waals surface area contributed by atoms with Crippen LogP contribution in [-0.2, 0) is 4.79 Å². The van der Waals surface area contributed by atoms with Crippen LogP contribution in [0.5, 0.6) is 0 Å². The van der Waals surface area contributed by atoms with Crippen molar-refractivity contribution in [3.63, 3.8) is 0 Å². The van der Waals surface area contributed by atoms with Crippen LogP contribution in [0.1, 0.15) is 57.8 Å². The van der Waals surface area contributed by atoms with Crippen LogP contribution in [0.4, 0.5) is 0 Å². The smallest absolute Gasteiger partial charge is 0.303 e. The average molecular weight is 227 g/mol. The Morgan fingerprint density at radius 1 is 1.12 bits per heavy atom. The summed E-state index contributed by atoms with van der Waals surface area (Å²) in [6, 6.07) is 0. The van der Waals surface area contributed by atoms with Crippen molar-refractivity contribution in [3.05, 3.63) is 0 Å². The summed E-state index contributed by atoms with van der Waals surface area (Å²) in [5.41, 5.74) is 0. The van der Waals surface area contributed by atoms with Crippen molar-refractivity contribution in [1.29, 1.82) is 0 Å². The highest BCUT2D eigenvalue weighted by atomic mass is 16.4. The number of aliphatic carboxylic acids is 1. The molecule has 1 aliphatic carbocycles. The summed E-state index contributed by atoms with van der Waals surface area (Å²) in [4.78, 5) is 10.3. The molecular formula is C13H25NO2. The Kier molecular flexibility index (Phi) is 7.23. The van der Waals surface area contributed by atoms with Gasteiger partial charge in [0.15, 0.2) is 0 Å². The third-order valence-corrected chi connectivity index (χ3v) is 3.45. The second-order valence-corrected chi connectivity index (χ2v) is 4.89. The van der Waals surface area contributed by atoms with Crippen molar-refractivity contribution < 1.29 is 9.90 Å². The highest BCUT2D eigenvalue weighted by Crippen LogP contribution is 2.25. The lowest BCUT2D eigenvalue weighted by atomic mass is 9.87. The minimum atomic E-state index is -0.679. The molecule has 1 saturated carbocycles. The Hall–Kier alpha value is -0.570. The summed E-state index contributed by atoms with van der Waals surface area (Å²) < 4.78 is 0. The Morgan fingerprint density at radius 3 is 2.56 bits per heavy atom. The van der Waals surface area contributed by atoms with Crippen LogP contribution in [0.3, 0.4) is 0 Å². The van der Waals surface area contributed by atoms with Crippen molar-refractivity contribution in [2.75, 3.05) is 13.1 Å². The van der Waals surface area contributed by atoms with Crippen LogP contribution in [-0.4, -0.2) is 24.2 Å². The number of rotatable bonds is 8. The summed E-state index contributed by atoms with van der Waals surface area (Å²) in [5, 5.41) is 11.9. The highest BCUT2D eigenvalue weighted by Gasteiger charge is 2.12. The Labute approximate surface area is 98.6 Å². The largest absolute Gasteiger partial charge is 0.481 e. The minimum absolute atomic E-state index is 0.310. The molecule has 0 spiro atoms. The molecule has 2 N–H and O–H groups in total. The first-order chi connectivity index (χ1) is 7.79. The van der Waals surface area contributed by atoms with Gasteiger partial charge in [0.2, 0.25) is 0 Å². The molecule has 0 saturated heterocycles. The molecule has 0 aromatic rings. The maximum absolute atomic E-state index is 10.3. The van der Waals surface area contributed by atoms with Gasteiger partial charge < -0.3 is 10.4 Å². The molecule has 94 valence electrons. The van der Waals surface area contributed by atoms with Crippen LogP contribution in [0.15, 0.2) is 0 Å². The number of nitrogens with one attached hydrogen (secondary N) is 1. The van der Waals surface area contributed by atoms with Gasteiger partial charge in [0.05, 0.1) is 0 Å². The fourth-order valence-corrected chi connectivity index (χ4v) is 2.43. The lowest BCUT2D eigenvalue weighted by Gasteiger charge is -2.21. The molecule has 0 radical (unpaired) electrons. The summed E-state index contributed by atoms with van der Waals surface area (Å²) in [7, 11) is 0. The van der Waals surface area contributed by atoms with Gasteiger partial charge in [-0.3, -0.25) is 4.79 Å². The van der Waals surface area contributed by atoms with Crippen molar-refractivity contribution >= 4 is 5.97 Å². The number of hydrogen-bond acceptors (Lipinski definition) is 2. The molecule has 3 nitrogen and oxygen atoms in total. The third-order valence-electron chi connectivity index (χ3n) is 3.45. The quantitative estimate of drug-likeness (QED) is 0.627. The van der Waals surface area contributed by atoms with Gasteiger partial charge in [0, 0.05) is 6.42 Å². The molecule has 3 heteroatoms. The summed E-state index contributed by atoms with van der Waals surface area (Å²) >= 11 is 0. The number of carboxylic acids is 1. The maximum Gasteiger partial charge on any atom is 0.303 e. The predicted octanol–water partition coefficient (Wildman–Crippen LogP) is 2.80. The number of carbonyl (C=O) groups is 1. The molecule has 1 fully saturated rings. The van der Waals surface area contributed by atoms with Crippen molar-refractivity contribution in [2.45, 2.75) is 57.8 Å². The van der Waals surface area contributed by atoms with Crippen molar-refractivity contribution in [2.24, 2.45) is 5.92 Å². The number of carboxylic acid groups (broad SMARTS) is 1. The first-order valence-electron chi connectivity index (χ1n) is 6.71. The van der Waals surface area contributed by atoms with E-state index in [1.807, 2.05) is 0 Å². The first-order valence-corrected chi connectivity index (χ1v) is 6.71. The van der Waals surface area contributed by atoms with Gasteiger partial charge in [-0.05, 0) is 38.3 Å². The fraction of sp³-hybridized carbons (Fsp3) is 0.923. The van der Waals surface area contributed by atoms with Gasteiger partial charge >= 0.3 is 5.97 Å². The number of hydrogen-bond donors (Lipinski definition) is 2. The zero-order valence-corrected chi connectivity index (χ0v) is 10.2. The van der Waals surface area contributed by atoms with Gasteiger partial charge in [-0.25, -0.2) is 0 Å². The van der Waals surface area contributed by atoms with Gasteiger partial charge in [0.1, 0.15) is 0 Å². The van der Waals surface area contributed by atoms with E-state index in [0.29, 0.717) is 6.42 Å². The Morgan fingerprint density at radius 2 is 1.88 bits per heavy atom.